The summed E-state index contributed by atoms with van der Waals surface area (Å²) in [5.74, 6) is 1.58. The van der Waals surface area contributed by atoms with Gasteiger partial charge in [-0.05, 0) is 97.8 Å². The highest BCUT2D eigenvalue weighted by molar-refractivity contribution is 6.17. The molecule has 0 spiro atoms. The number of halogens is 3. The van der Waals surface area contributed by atoms with Crippen molar-refractivity contribution in [1.29, 1.82) is 0 Å². The van der Waals surface area contributed by atoms with Crippen LogP contribution in [-0.4, -0.2) is 38.9 Å². The number of nitrogens with zero attached hydrogens (tertiary/aromatic N) is 4. The Balaban J connectivity index is 0.000000184. The Morgan fingerprint density at radius 3 is 1.59 bits per heavy atom. The molecule has 0 aliphatic rings. The minimum absolute atomic E-state index is 0.276. The van der Waals surface area contributed by atoms with E-state index in [1.54, 1.807) is 67.3 Å². The average Bonchev–Trinajstić information content (AvgIpc) is 3.87. The van der Waals surface area contributed by atoms with Gasteiger partial charge in [-0.3, -0.25) is 0 Å². The summed E-state index contributed by atoms with van der Waals surface area (Å²) in [6.07, 6.45) is 5.90. The summed E-state index contributed by atoms with van der Waals surface area (Å²) in [7, 11) is 3.28. The highest BCUT2D eigenvalue weighted by atomic mass is 35.5. The summed E-state index contributed by atoms with van der Waals surface area (Å²) in [4.78, 5) is 0. The zero-order valence-electron chi connectivity index (χ0n) is 27.7. The first kappa shape index (κ1) is 36.8. The van der Waals surface area contributed by atoms with E-state index in [2.05, 4.69) is 10.2 Å². The monoisotopic (exact) mass is 688 g/mol. The number of aliphatic hydroxyl groups excluding tert-OH is 1. The number of aliphatic hydroxyl groups is 1. The molecule has 0 saturated carbocycles. The van der Waals surface area contributed by atoms with Crippen LogP contribution in [0, 0.1) is 11.6 Å². The highest BCUT2D eigenvalue weighted by Gasteiger charge is 2.15. The first-order valence-corrected chi connectivity index (χ1v) is 16.0. The predicted octanol–water partition coefficient (Wildman–Crippen LogP) is 8.80. The molecule has 0 fully saturated rings. The molecule has 0 radical (unpaired) electrons. The fourth-order valence-electron chi connectivity index (χ4n) is 4.70. The Kier molecular flexibility index (Phi) is 13.9. The lowest BCUT2D eigenvalue weighted by molar-refractivity contribution is 0.0522. The molecule has 2 heterocycles. The van der Waals surface area contributed by atoms with Crippen LogP contribution in [0.25, 0.3) is 11.4 Å². The van der Waals surface area contributed by atoms with Crippen molar-refractivity contribution in [1.82, 2.24) is 19.6 Å². The van der Waals surface area contributed by atoms with Crippen LogP contribution in [-0.2, 0) is 17.2 Å². The number of rotatable bonds is 10. The van der Waals surface area contributed by atoms with Gasteiger partial charge in [-0.15, -0.1) is 11.6 Å². The highest BCUT2D eigenvalue weighted by Crippen LogP contribution is 2.27. The van der Waals surface area contributed by atoms with E-state index in [1.807, 2.05) is 67.7 Å². The zero-order valence-corrected chi connectivity index (χ0v) is 28.5. The summed E-state index contributed by atoms with van der Waals surface area (Å²) in [6, 6.07) is 27.9. The van der Waals surface area contributed by atoms with Gasteiger partial charge in [0.15, 0.2) is 0 Å². The van der Waals surface area contributed by atoms with E-state index in [9.17, 15) is 13.9 Å². The smallest absolute Gasteiger partial charge is 0.123 e. The minimum atomic E-state index is -0.722. The number of methoxy groups -OCH3 is 2. The first-order chi connectivity index (χ1) is 23.7. The fraction of sp³-hybridized carbons (Fsp3) is 0.211. The van der Waals surface area contributed by atoms with Crippen molar-refractivity contribution in [2.45, 2.75) is 38.5 Å². The maximum absolute atomic E-state index is 13.7. The lowest BCUT2D eigenvalue weighted by atomic mass is 10.1. The van der Waals surface area contributed by atoms with E-state index in [4.69, 9.17) is 25.8 Å². The molecule has 8 nitrogen and oxygen atoms in total. The first-order valence-electron chi connectivity index (χ1n) is 15.4. The molecular formula is C38H39ClF2N4O4. The standard InChI is InChI=1S/C19H19FN2O2.C11H11FN2O.C8H9ClO/c1-14(24-13-15-4-7-17(23-2)8-5-15)18-12-16(20)6-9-19(18)22-11-3-10-21-22;1-8(15)10-7-9(12)3-4-11(10)14-6-2-5-13-14;1-10-8-4-2-7(6-9)3-5-8/h3-12,14H,13H2,1-2H3;2-8,15H,1H3;2-5H,6H2,1H3/t14-;8-;/m11./s1. The van der Waals surface area contributed by atoms with Crippen molar-refractivity contribution in [2.75, 3.05) is 14.2 Å². The van der Waals surface area contributed by atoms with Gasteiger partial charge in [-0.2, -0.15) is 10.2 Å². The fourth-order valence-corrected chi connectivity index (χ4v) is 4.88. The Morgan fingerprint density at radius 1 is 0.694 bits per heavy atom. The molecule has 11 heteroatoms. The molecule has 2 atom stereocenters. The summed E-state index contributed by atoms with van der Waals surface area (Å²) in [5.41, 5.74) is 4.92. The zero-order chi connectivity index (χ0) is 35.2. The number of benzene rings is 4. The Bertz CT molecular complexity index is 1810. The molecule has 0 aliphatic heterocycles. The molecule has 0 unspecified atom stereocenters. The second kappa shape index (κ2) is 18.5. The van der Waals surface area contributed by atoms with Crippen molar-refractivity contribution in [3.63, 3.8) is 0 Å². The summed E-state index contributed by atoms with van der Waals surface area (Å²) in [6.45, 7) is 3.94. The summed E-state index contributed by atoms with van der Waals surface area (Å²) < 4.78 is 46.1. The quantitative estimate of drug-likeness (QED) is 0.145. The van der Waals surface area contributed by atoms with Crippen LogP contribution in [0.2, 0.25) is 0 Å². The van der Waals surface area contributed by atoms with Crippen molar-refractivity contribution in [3.05, 3.63) is 156 Å². The Hall–Kier alpha value is -5.03. The molecule has 0 saturated heterocycles. The topological polar surface area (TPSA) is 83.6 Å². The van der Waals surface area contributed by atoms with E-state index in [0.29, 0.717) is 23.7 Å². The Labute approximate surface area is 290 Å². The number of alkyl halides is 1. The molecule has 6 aromatic rings. The summed E-state index contributed by atoms with van der Waals surface area (Å²) >= 11 is 5.58. The molecule has 0 bridgehead atoms. The molecule has 1 N–H and O–H groups in total. The van der Waals surface area contributed by atoms with Crippen LogP contribution < -0.4 is 9.47 Å². The molecule has 0 amide bonds. The number of hydrogen-bond acceptors (Lipinski definition) is 6. The van der Waals surface area contributed by atoms with Crippen LogP contribution >= 0.6 is 11.6 Å². The van der Waals surface area contributed by atoms with Gasteiger partial charge < -0.3 is 19.3 Å². The molecule has 4 aromatic carbocycles. The lowest BCUT2D eigenvalue weighted by Gasteiger charge is -2.18. The largest absolute Gasteiger partial charge is 0.497 e. The van der Waals surface area contributed by atoms with Gasteiger partial charge >= 0.3 is 0 Å². The van der Waals surface area contributed by atoms with Crippen molar-refractivity contribution >= 4 is 11.6 Å². The molecule has 6 rings (SSSR count). The maximum atomic E-state index is 13.7. The third-order valence-electron chi connectivity index (χ3n) is 7.34. The lowest BCUT2D eigenvalue weighted by Crippen LogP contribution is -2.07. The van der Waals surface area contributed by atoms with Gasteiger partial charge in [-0.25, -0.2) is 18.1 Å². The SMILES string of the molecule is COc1ccc(CCl)cc1.COc1ccc(CO[C@H](C)c2cc(F)ccc2-n2cccn2)cc1.C[C@@H](O)c1cc(F)ccc1-n1cccn1. The van der Waals surface area contributed by atoms with Crippen molar-refractivity contribution < 1.29 is 28.1 Å². The van der Waals surface area contributed by atoms with Crippen LogP contribution in [0.4, 0.5) is 8.78 Å². The summed E-state index contributed by atoms with van der Waals surface area (Å²) in [5, 5.41) is 17.8. The third-order valence-corrected chi connectivity index (χ3v) is 7.65. The molecule has 256 valence electrons. The molecule has 2 aromatic heterocycles. The molecule has 49 heavy (non-hydrogen) atoms. The van der Waals surface area contributed by atoms with E-state index in [-0.39, 0.29) is 17.7 Å². The normalized spacial score (nSPS) is 11.8. The second-order valence-electron chi connectivity index (χ2n) is 10.8. The van der Waals surface area contributed by atoms with E-state index < -0.39 is 6.10 Å². The van der Waals surface area contributed by atoms with Gasteiger partial charge in [0.2, 0.25) is 0 Å². The number of aromatic nitrogens is 4. The van der Waals surface area contributed by atoms with Gasteiger partial charge in [0.05, 0.1) is 44.4 Å². The van der Waals surface area contributed by atoms with E-state index >= 15 is 0 Å². The van der Waals surface area contributed by atoms with Crippen LogP contribution in [0.3, 0.4) is 0 Å². The second-order valence-corrected chi connectivity index (χ2v) is 11.0. The van der Waals surface area contributed by atoms with Gasteiger partial charge in [0, 0.05) is 41.8 Å². The number of hydrogen-bond donors (Lipinski definition) is 1. The van der Waals surface area contributed by atoms with Crippen LogP contribution in [0.15, 0.2) is 122 Å². The van der Waals surface area contributed by atoms with E-state index in [0.717, 1.165) is 33.9 Å². The van der Waals surface area contributed by atoms with Gasteiger partial charge in [0.25, 0.3) is 0 Å². The Morgan fingerprint density at radius 2 is 1.16 bits per heavy atom. The third kappa shape index (κ3) is 10.7. The van der Waals surface area contributed by atoms with Crippen molar-refractivity contribution in [3.8, 4) is 22.9 Å². The minimum Gasteiger partial charge on any atom is -0.497 e. The van der Waals surface area contributed by atoms with Gasteiger partial charge in [0.1, 0.15) is 23.1 Å². The van der Waals surface area contributed by atoms with Gasteiger partial charge in [-0.1, -0.05) is 24.3 Å². The maximum Gasteiger partial charge on any atom is 0.123 e. The van der Waals surface area contributed by atoms with Crippen LogP contribution in [0.1, 0.15) is 48.3 Å². The van der Waals surface area contributed by atoms with Crippen molar-refractivity contribution in [2.24, 2.45) is 0 Å². The molecule has 0 aliphatic carbocycles. The van der Waals surface area contributed by atoms with Crippen LogP contribution in [0.5, 0.6) is 11.5 Å². The molecular weight excluding hydrogens is 650 g/mol. The van der Waals surface area contributed by atoms with E-state index in [1.165, 1.54) is 24.3 Å². The average molecular weight is 689 g/mol. The number of ether oxygens (including phenoxy) is 3. The predicted molar refractivity (Wildman–Crippen MR) is 186 cm³/mol.